The zero-order valence-corrected chi connectivity index (χ0v) is 10.4. The SMILES string of the molecule is CO[Si]CCCN=C(C)c1ccccc1. The molecule has 2 radical (unpaired) electrons. The number of benzene rings is 1. The molecule has 0 saturated carbocycles. The molecule has 0 spiro atoms. The Kier molecular flexibility index (Phi) is 5.96. The first kappa shape index (κ1) is 12.1. The Bertz CT molecular complexity index is 298. The van der Waals surface area contributed by atoms with Crippen molar-refractivity contribution in [3.8, 4) is 0 Å². The van der Waals surface area contributed by atoms with Gasteiger partial charge in [0, 0.05) is 19.4 Å². The summed E-state index contributed by atoms with van der Waals surface area (Å²) < 4.78 is 5.01. The largest absolute Gasteiger partial charge is 0.421 e. The molecule has 2 nitrogen and oxygen atoms in total. The molecule has 0 unspecified atom stereocenters. The van der Waals surface area contributed by atoms with Gasteiger partial charge in [0.25, 0.3) is 0 Å². The van der Waals surface area contributed by atoms with Gasteiger partial charge in [-0.15, -0.1) is 0 Å². The summed E-state index contributed by atoms with van der Waals surface area (Å²) in [6, 6.07) is 11.4. The minimum absolute atomic E-state index is 0.616. The molecule has 0 saturated heterocycles. The van der Waals surface area contributed by atoms with Gasteiger partial charge in [0.2, 0.25) is 9.76 Å². The van der Waals surface area contributed by atoms with E-state index in [9.17, 15) is 0 Å². The lowest BCUT2D eigenvalue weighted by Crippen LogP contribution is -1.98. The monoisotopic (exact) mass is 219 g/mol. The molecular weight excluding hydrogens is 202 g/mol. The van der Waals surface area contributed by atoms with E-state index in [1.165, 1.54) is 5.56 Å². The minimum Gasteiger partial charge on any atom is -0.421 e. The zero-order valence-electron chi connectivity index (χ0n) is 9.36. The Morgan fingerprint density at radius 2 is 2.07 bits per heavy atom. The molecule has 0 N–H and O–H groups in total. The van der Waals surface area contributed by atoms with Crippen LogP contribution < -0.4 is 0 Å². The van der Waals surface area contributed by atoms with Crippen molar-refractivity contribution >= 4 is 15.5 Å². The van der Waals surface area contributed by atoms with Crippen molar-refractivity contribution in [1.29, 1.82) is 0 Å². The predicted molar refractivity (Wildman–Crippen MR) is 65.7 cm³/mol. The van der Waals surface area contributed by atoms with Gasteiger partial charge in [0.15, 0.2) is 0 Å². The minimum atomic E-state index is 0.616. The fourth-order valence-electron chi connectivity index (χ4n) is 1.27. The molecule has 1 rings (SSSR count). The Labute approximate surface area is 94.3 Å². The van der Waals surface area contributed by atoms with Crippen LogP contribution in [0, 0.1) is 0 Å². The van der Waals surface area contributed by atoms with E-state index in [1.807, 2.05) is 18.2 Å². The molecule has 0 aliphatic heterocycles. The third kappa shape index (κ3) is 4.90. The van der Waals surface area contributed by atoms with Gasteiger partial charge in [-0.2, -0.15) is 0 Å². The van der Waals surface area contributed by atoms with E-state index in [4.69, 9.17) is 4.43 Å². The van der Waals surface area contributed by atoms with Crippen LogP contribution in [-0.2, 0) is 4.43 Å². The van der Waals surface area contributed by atoms with Gasteiger partial charge in [-0.3, -0.25) is 4.99 Å². The summed E-state index contributed by atoms with van der Waals surface area (Å²) in [6.07, 6.45) is 1.11. The van der Waals surface area contributed by atoms with Crippen molar-refractivity contribution in [2.45, 2.75) is 19.4 Å². The maximum Gasteiger partial charge on any atom is 0.229 e. The first-order valence-corrected chi connectivity index (χ1v) is 6.28. The zero-order chi connectivity index (χ0) is 10.9. The molecule has 0 heterocycles. The molecule has 1 aromatic carbocycles. The average Bonchev–Trinajstić information content (AvgIpc) is 2.30. The highest BCUT2D eigenvalue weighted by atomic mass is 28.2. The number of hydrogen-bond acceptors (Lipinski definition) is 2. The lowest BCUT2D eigenvalue weighted by atomic mass is 10.1. The van der Waals surface area contributed by atoms with Crippen LogP contribution in [0.5, 0.6) is 0 Å². The van der Waals surface area contributed by atoms with Crippen molar-refractivity contribution in [2.75, 3.05) is 13.7 Å². The van der Waals surface area contributed by atoms with E-state index in [0.717, 1.165) is 24.7 Å². The molecule has 0 aliphatic carbocycles. The predicted octanol–water partition coefficient (Wildman–Crippen LogP) is 2.57. The van der Waals surface area contributed by atoms with E-state index in [1.54, 1.807) is 7.11 Å². The summed E-state index contributed by atoms with van der Waals surface area (Å²) in [5.74, 6) is 0. The normalized spacial score (nSPS) is 11.7. The van der Waals surface area contributed by atoms with Gasteiger partial charge in [-0.1, -0.05) is 30.3 Å². The average molecular weight is 219 g/mol. The van der Waals surface area contributed by atoms with Crippen molar-refractivity contribution < 1.29 is 4.43 Å². The Hall–Kier alpha value is -0.933. The van der Waals surface area contributed by atoms with Gasteiger partial charge in [0.1, 0.15) is 0 Å². The van der Waals surface area contributed by atoms with E-state index in [-0.39, 0.29) is 0 Å². The van der Waals surface area contributed by atoms with E-state index in [2.05, 4.69) is 24.0 Å². The van der Waals surface area contributed by atoms with Crippen LogP contribution in [0.2, 0.25) is 6.04 Å². The second-order valence-corrected chi connectivity index (χ2v) is 4.48. The molecule has 0 aromatic heterocycles. The first-order chi connectivity index (χ1) is 7.34. The number of nitrogens with zero attached hydrogens (tertiary/aromatic N) is 1. The second-order valence-electron chi connectivity index (χ2n) is 3.29. The molecule has 3 heteroatoms. The first-order valence-electron chi connectivity index (χ1n) is 5.17. The van der Waals surface area contributed by atoms with Crippen LogP contribution in [0.25, 0.3) is 0 Å². The van der Waals surface area contributed by atoms with Crippen LogP contribution in [0.1, 0.15) is 18.9 Å². The third-order valence-corrected chi connectivity index (χ3v) is 2.97. The molecule has 0 aliphatic rings. The topological polar surface area (TPSA) is 21.6 Å². The highest BCUT2D eigenvalue weighted by molar-refractivity contribution is 6.26. The second kappa shape index (κ2) is 7.37. The summed E-state index contributed by atoms with van der Waals surface area (Å²) in [5, 5.41) is 0. The van der Waals surface area contributed by atoms with Gasteiger partial charge in [-0.05, 0) is 25.0 Å². The van der Waals surface area contributed by atoms with E-state index in [0.29, 0.717) is 9.76 Å². The summed E-state index contributed by atoms with van der Waals surface area (Å²) in [6.45, 7) is 2.96. The Morgan fingerprint density at radius 3 is 2.73 bits per heavy atom. The van der Waals surface area contributed by atoms with Gasteiger partial charge in [0.05, 0.1) is 0 Å². The summed E-state index contributed by atoms with van der Waals surface area (Å²) in [4.78, 5) is 4.53. The highest BCUT2D eigenvalue weighted by Crippen LogP contribution is 2.01. The molecule has 1 aromatic rings. The molecule has 0 amide bonds. The summed E-state index contributed by atoms with van der Waals surface area (Å²) in [5.41, 5.74) is 2.34. The smallest absolute Gasteiger partial charge is 0.229 e. The van der Waals surface area contributed by atoms with E-state index < -0.39 is 0 Å². The lowest BCUT2D eigenvalue weighted by Gasteiger charge is -2.00. The quantitative estimate of drug-likeness (QED) is 0.409. The fourth-order valence-corrected chi connectivity index (χ4v) is 1.78. The van der Waals surface area contributed by atoms with Crippen molar-refractivity contribution in [3.05, 3.63) is 35.9 Å². The van der Waals surface area contributed by atoms with Crippen LogP contribution >= 0.6 is 0 Å². The van der Waals surface area contributed by atoms with Crippen LogP contribution in [0.4, 0.5) is 0 Å². The summed E-state index contributed by atoms with van der Waals surface area (Å²) >= 11 is 0. The maximum absolute atomic E-state index is 5.01. The Balaban J connectivity index is 2.33. The third-order valence-electron chi connectivity index (χ3n) is 2.12. The van der Waals surface area contributed by atoms with Crippen molar-refractivity contribution in [1.82, 2.24) is 0 Å². The number of hydrogen-bond donors (Lipinski definition) is 0. The molecule has 0 atom stereocenters. The molecule has 80 valence electrons. The molecule has 0 fully saturated rings. The number of aliphatic imine (C=N–C) groups is 1. The van der Waals surface area contributed by atoms with Gasteiger partial charge >= 0.3 is 0 Å². The molecular formula is C12H17NOSi. The lowest BCUT2D eigenvalue weighted by molar-refractivity contribution is 0.440. The van der Waals surface area contributed by atoms with Gasteiger partial charge < -0.3 is 4.43 Å². The van der Waals surface area contributed by atoms with Crippen LogP contribution in [0.15, 0.2) is 35.3 Å². The molecule has 0 bridgehead atoms. The van der Waals surface area contributed by atoms with Crippen LogP contribution in [-0.4, -0.2) is 29.1 Å². The summed E-state index contributed by atoms with van der Waals surface area (Å²) in [7, 11) is 2.36. The number of rotatable bonds is 6. The van der Waals surface area contributed by atoms with Crippen molar-refractivity contribution in [2.24, 2.45) is 4.99 Å². The molecule has 15 heavy (non-hydrogen) atoms. The standard InChI is InChI=1S/C12H17NOSi/c1-11(12-7-4-3-5-8-12)13-9-6-10-15-14-2/h3-5,7-8H,6,9-10H2,1-2H3. The van der Waals surface area contributed by atoms with Gasteiger partial charge in [-0.25, -0.2) is 0 Å². The highest BCUT2D eigenvalue weighted by Gasteiger charge is 1.94. The fraction of sp³-hybridized carbons (Fsp3) is 0.417. The van der Waals surface area contributed by atoms with Crippen molar-refractivity contribution in [3.63, 3.8) is 0 Å². The van der Waals surface area contributed by atoms with Crippen LogP contribution in [0.3, 0.4) is 0 Å². The van der Waals surface area contributed by atoms with E-state index >= 15 is 0 Å². The Morgan fingerprint density at radius 1 is 1.33 bits per heavy atom. The maximum atomic E-state index is 5.01.